The molecule has 3 atom stereocenters. The van der Waals surface area contributed by atoms with E-state index in [4.69, 9.17) is 18.9 Å². The first kappa shape index (κ1) is 29.6. The van der Waals surface area contributed by atoms with E-state index in [2.05, 4.69) is 5.32 Å². The van der Waals surface area contributed by atoms with E-state index in [9.17, 15) is 29.3 Å². The lowest BCUT2D eigenvalue weighted by Crippen LogP contribution is -2.81. The molecular weight excluding hydrogens is 558 g/mol. The summed E-state index contributed by atoms with van der Waals surface area (Å²) in [6.07, 6.45) is -0.859. The topological polar surface area (TPSA) is 164 Å². The minimum Gasteiger partial charge on any atom is -0.484 e. The number of amides is 2. The second-order valence-corrected chi connectivity index (χ2v) is 10.1. The van der Waals surface area contributed by atoms with Gasteiger partial charge >= 0.3 is 11.9 Å². The van der Waals surface area contributed by atoms with Gasteiger partial charge in [0, 0.05) is 37.5 Å². The molecule has 2 heterocycles. The van der Waals surface area contributed by atoms with E-state index < -0.39 is 45.9 Å². The molecule has 0 spiro atoms. The van der Waals surface area contributed by atoms with Crippen LogP contribution >= 0.6 is 11.8 Å². The van der Waals surface area contributed by atoms with Crippen LogP contribution in [0.4, 0.5) is 5.69 Å². The average Bonchev–Trinajstić information content (AvgIpc) is 2.96. The van der Waals surface area contributed by atoms with Crippen LogP contribution in [0, 0.1) is 10.1 Å². The smallest absolute Gasteiger partial charge is 0.355 e. The Hall–Kier alpha value is -4.43. The van der Waals surface area contributed by atoms with Crippen LogP contribution in [0.15, 0.2) is 65.9 Å². The first-order chi connectivity index (χ1) is 19.6. The highest BCUT2D eigenvalue weighted by molar-refractivity contribution is 8.00. The van der Waals surface area contributed by atoms with E-state index in [0.717, 1.165) is 4.90 Å². The Kier molecular flexibility index (Phi) is 8.93. The lowest BCUT2D eigenvalue weighted by molar-refractivity contribution is -0.384. The Morgan fingerprint density at radius 1 is 1.17 bits per heavy atom. The number of rotatable bonds is 11. The number of nitro benzene ring substituents is 1. The molecule has 0 radical (unpaired) electrons. The number of carbonyl (C=O) groups excluding carboxylic acids is 4. The minimum absolute atomic E-state index is 0.120. The number of non-ortho nitro benzene ring substituents is 1. The van der Waals surface area contributed by atoms with E-state index in [1.807, 2.05) is 0 Å². The number of hydrogen-bond donors (Lipinski definition) is 1. The zero-order valence-electron chi connectivity index (χ0n) is 22.4. The van der Waals surface area contributed by atoms with Gasteiger partial charge in [-0.2, -0.15) is 0 Å². The maximum atomic E-state index is 13.6. The minimum atomic E-state index is -1.78. The summed E-state index contributed by atoms with van der Waals surface area (Å²) in [5, 5.41) is 12.7. The van der Waals surface area contributed by atoms with Gasteiger partial charge in [0.25, 0.3) is 23.2 Å². The van der Waals surface area contributed by atoms with Crippen LogP contribution in [0.5, 0.6) is 5.75 Å². The molecule has 2 aromatic rings. The van der Waals surface area contributed by atoms with Crippen molar-refractivity contribution in [1.29, 1.82) is 0 Å². The second kappa shape index (κ2) is 12.4. The molecule has 216 valence electrons. The van der Waals surface area contributed by atoms with E-state index in [1.165, 1.54) is 50.1 Å². The fraction of sp³-hybridized carbons (Fsp3) is 0.333. The number of esters is 2. The van der Waals surface area contributed by atoms with E-state index in [-0.39, 0.29) is 30.4 Å². The standard InChI is InChI=1S/C27H27N3O10S/c1-16(40-17(2)31)21-15-41-26-27(37-3,28-22(32)14-38-20-7-5-4-6-8-20)25(34)29(26)23(21)24(33)39-13-18-9-11-19(12-10-18)30(35)36/h4-12,16,26H,13-15H2,1-3H3,(H,28,32)/t16?,26-,27-/m0/s1. The van der Waals surface area contributed by atoms with Crippen molar-refractivity contribution in [2.24, 2.45) is 0 Å². The monoisotopic (exact) mass is 585 g/mol. The fourth-order valence-electron chi connectivity index (χ4n) is 4.36. The molecule has 1 N–H and O–H groups in total. The molecule has 1 fully saturated rings. The molecule has 0 bridgehead atoms. The van der Waals surface area contributed by atoms with Crippen molar-refractivity contribution in [3.8, 4) is 5.75 Å². The second-order valence-electron chi connectivity index (χ2n) is 9.05. The zero-order valence-corrected chi connectivity index (χ0v) is 23.2. The molecule has 13 nitrogen and oxygen atoms in total. The van der Waals surface area contributed by atoms with Gasteiger partial charge in [-0.1, -0.05) is 18.2 Å². The van der Waals surface area contributed by atoms with Crippen LogP contribution in [0.1, 0.15) is 19.4 Å². The van der Waals surface area contributed by atoms with E-state index in [1.54, 1.807) is 37.3 Å². The maximum Gasteiger partial charge on any atom is 0.355 e. The number of fused-ring (bicyclic) bond motifs is 1. The number of thioether (sulfide) groups is 1. The number of nitro groups is 1. The Morgan fingerprint density at radius 3 is 2.46 bits per heavy atom. The van der Waals surface area contributed by atoms with Crippen LogP contribution in [0.3, 0.4) is 0 Å². The van der Waals surface area contributed by atoms with Crippen LogP contribution < -0.4 is 10.1 Å². The van der Waals surface area contributed by atoms with Gasteiger partial charge in [-0.05, 0) is 36.8 Å². The first-order valence-corrected chi connectivity index (χ1v) is 13.4. The van der Waals surface area contributed by atoms with Gasteiger partial charge in [0.1, 0.15) is 29.5 Å². The molecule has 2 aliphatic heterocycles. The van der Waals surface area contributed by atoms with Gasteiger partial charge < -0.3 is 24.3 Å². The van der Waals surface area contributed by atoms with Gasteiger partial charge in [-0.15, -0.1) is 11.8 Å². The Balaban J connectivity index is 1.54. The van der Waals surface area contributed by atoms with Crippen LogP contribution in [-0.4, -0.2) is 70.2 Å². The van der Waals surface area contributed by atoms with Crippen LogP contribution in [0.2, 0.25) is 0 Å². The molecule has 41 heavy (non-hydrogen) atoms. The molecule has 1 unspecified atom stereocenters. The number of methoxy groups -OCH3 is 1. The van der Waals surface area contributed by atoms with Gasteiger partial charge in [0.05, 0.1) is 4.92 Å². The lowest BCUT2D eigenvalue weighted by atomic mass is 9.97. The molecule has 14 heteroatoms. The summed E-state index contributed by atoms with van der Waals surface area (Å²) >= 11 is 1.21. The van der Waals surface area contributed by atoms with E-state index >= 15 is 0 Å². The summed E-state index contributed by atoms with van der Waals surface area (Å²) in [4.78, 5) is 62.8. The highest BCUT2D eigenvalue weighted by Crippen LogP contribution is 2.47. The summed E-state index contributed by atoms with van der Waals surface area (Å²) in [6.45, 7) is 2.17. The van der Waals surface area contributed by atoms with Crippen molar-refractivity contribution in [1.82, 2.24) is 10.2 Å². The Bertz CT molecular complexity index is 1380. The van der Waals surface area contributed by atoms with E-state index in [0.29, 0.717) is 16.9 Å². The molecule has 2 amide bonds. The molecule has 2 aliphatic rings. The van der Waals surface area contributed by atoms with Crippen molar-refractivity contribution in [3.63, 3.8) is 0 Å². The maximum absolute atomic E-state index is 13.6. The van der Waals surface area contributed by atoms with Crippen molar-refractivity contribution < 1.29 is 43.0 Å². The number of benzene rings is 2. The third-order valence-corrected chi connectivity index (χ3v) is 7.70. The van der Waals surface area contributed by atoms with Gasteiger partial charge in [0.15, 0.2) is 6.61 Å². The van der Waals surface area contributed by atoms with Crippen molar-refractivity contribution >= 4 is 41.2 Å². The summed E-state index contributed by atoms with van der Waals surface area (Å²) in [5.41, 5.74) is -1.20. The molecule has 0 saturated carbocycles. The number of β-lactam (4-membered cyclic amide) rings is 1. The highest BCUT2D eigenvalue weighted by Gasteiger charge is 2.67. The number of nitrogens with zero attached hydrogens (tertiary/aromatic N) is 2. The Labute approximate surface area is 238 Å². The summed E-state index contributed by atoms with van der Waals surface area (Å²) in [7, 11) is 1.27. The van der Waals surface area contributed by atoms with Gasteiger partial charge in [-0.3, -0.25) is 29.4 Å². The predicted molar refractivity (Wildman–Crippen MR) is 144 cm³/mol. The number of ether oxygens (including phenoxy) is 4. The molecular formula is C27H27N3O10S. The molecule has 0 aliphatic carbocycles. The number of nitrogens with one attached hydrogen (secondary N) is 1. The highest BCUT2D eigenvalue weighted by atomic mass is 32.2. The third-order valence-electron chi connectivity index (χ3n) is 6.36. The first-order valence-electron chi connectivity index (χ1n) is 12.4. The van der Waals surface area contributed by atoms with Crippen LogP contribution in [0.25, 0.3) is 0 Å². The molecule has 1 saturated heterocycles. The van der Waals surface area contributed by atoms with Crippen molar-refractivity contribution in [2.45, 2.75) is 37.7 Å². The van der Waals surface area contributed by atoms with Gasteiger partial charge in [0.2, 0.25) is 0 Å². The van der Waals surface area contributed by atoms with Gasteiger partial charge in [-0.25, -0.2) is 4.79 Å². The number of hydrogen-bond acceptors (Lipinski definition) is 11. The SMILES string of the molecule is CO[C@@]1(NC(=O)COc2ccccc2)C(=O)N2C(C(=O)OCc3ccc([N+](=O)[O-])cc3)=C(C(C)OC(C)=O)CS[C@H]21. The quantitative estimate of drug-likeness (QED) is 0.135. The molecule has 4 rings (SSSR count). The van der Waals surface area contributed by atoms with Crippen LogP contribution in [-0.2, 0) is 40.0 Å². The van der Waals surface area contributed by atoms with Crippen molar-refractivity contribution in [2.75, 3.05) is 19.5 Å². The third kappa shape index (κ3) is 6.18. The number of para-hydroxylation sites is 1. The Morgan fingerprint density at radius 2 is 1.85 bits per heavy atom. The zero-order chi connectivity index (χ0) is 29.7. The lowest BCUT2D eigenvalue weighted by Gasteiger charge is -2.56. The predicted octanol–water partition coefficient (Wildman–Crippen LogP) is 2.30. The summed E-state index contributed by atoms with van der Waals surface area (Å²) in [6, 6.07) is 14.1. The largest absolute Gasteiger partial charge is 0.484 e. The number of carbonyl (C=O) groups is 4. The summed E-state index contributed by atoms with van der Waals surface area (Å²) in [5.74, 6) is -2.17. The molecule has 0 aromatic heterocycles. The summed E-state index contributed by atoms with van der Waals surface area (Å²) < 4.78 is 21.7. The fourth-order valence-corrected chi connectivity index (χ4v) is 5.91. The van der Waals surface area contributed by atoms with Crippen molar-refractivity contribution in [3.05, 3.63) is 81.5 Å². The average molecular weight is 586 g/mol. The molecule has 2 aromatic carbocycles. The normalized spacial score (nSPS) is 20.3.